The number of aliphatic hydroxyl groups excluding tert-OH is 1. The number of aliphatic carboxylic acids is 1. The molecule has 1 rings (SSSR count). The fourth-order valence-corrected chi connectivity index (χ4v) is 1.07. The summed E-state index contributed by atoms with van der Waals surface area (Å²) in [6, 6.07) is 5.51. The van der Waals surface area contributed by atoms with E-state index in [2.05, 4.69) is 0 Å². The molecule has 0 aliphatic heterocycles. The standard InChI is InChI=1S/C9H11NO3/c11-8(6-9(12)13)7-10-4-2-1-3-5-10/h1-5,8,11H,6-7H2/p+1. The van der Waals surface area contributed by atoms with Crippen LogP contribution >= 0.6 is 0 Å². The monoisotopic (exact) mass is 182 g/mol. The van der Waals surface area contributed by atoms with Gasteiger partial charge in [0.2, 0.25) is 0 Å². The number of aliphatic hydroxyl groups is 1. The third kappa shape index (κ3) is 3.66. The van der Waals surface area contributed by atoms with Gasteiger partial charge in [-0.25, -0.2) is 4.57 Å². The number of aromatic nitrogens is 1. The van der Waals surface area contributed by atoms with Gasteiger partial charge in [0.05, 0.1) is 6.42 Å². The summed E-state index contributed by atoms with van der Waals surface area (Å²) in [4.78, 5) is 10.2. The smallest absolute Gasteiger partial charge is 0.306 e. The minimum atomic E-state index is -0.982. The molecule has 1 atom stereocenters. The van der Waals surface area contributed by atoms with Gasteiger partial charge in [-0.1, -0.05) is 6.07 Å². The van der Waals surface area contributed by atoms with Gasteiger partial charge in [-0.05, 0) is 0 Å². The van der Waals surface area contributed by atoms with Gasteiger partial charge in [0.25, 0.3) is 0 Å². The number of rotatable bonds is 4. The number of hydrogen-bond acceptors (Lipinski definition) is 2. The molecule has 13 heavy (non-hydrogen) atoms. The third-order valence-corrected chi connectivity index (χ3v) is 1.61. The van der Waals surface area contributed by atoms with Crippen molar-refractivity contribution in [3.63, 3.8) is 0 Å². The van der Waals surface area contributed by atoms with E-state index in [4.69, 9.17) is 5.11 Å². The van der Waals surface area contributed by atoms with Crippen LogP contribution in [0.5, 0.6) is 0 Å². The van der Waals surface area contributed by atoms with Crippen molar-refractivity contribution in [1.82, 2.24) is 0 Å². The number of hydrogen-bond donors (Lipinski definition) is 2. The highest BCUT2D eigenvalue weighted by Crippen LogP contribution is 1.91. The van der Waals surface area contributed by atoms with Crippen molar-refractivity contribution < 1.29 is 19.6 Å². The summed E-state index contributed by atoms with van der Waals surface area (Å²) in [5.41, 5.74) is 0. The Morgan fingerprint density at radius 1 is 1.31 bits per heavy atom. The Morgan fingerprint density at radius 2 is 1.92 bits per heavy atom. The minimum Gasteiger partial charge on any atom is -0.481 e. The quantitative estimate of drug-likeness (QED) is 0.634. The van der Waals surface area contributed by atoms with Crippen molar-refractivity contribution in [3.05, 3.63) is 30.6 Å². The zero-order chi connectivity index (χ0) is 9.68. The SMILES string of the molecule is O=C(O)CC(O)C[n+]1ccccc1. The largest absolute Gasteiger partial charge is 0.481 e. The van der Waals surface area contributed by atoms with Crippen LogP contribution < -0.4 is 4.57 Å². The van der Waals surface area contributed by atoms with E-state index in [0.717, 1.165) is 0 Å². The van der Waals surface area contributed by atoms with Crippen molar-refractivity contribution in [3.8, 4) is 0 Å². The number of carboxylic acids is 1. The molecule has 4 heteroatoms. The molecule has 1 heterocycles. The normalized spacial score (nSPS) is 12.4. The Hall–Kier alpha value is -1.42. The molecule has 0 aliphatic carbocycles. The number of nitrogens with zero attached hydrogens (tertiary/aromatic N) is 1. The highest BCUT2D eigenvalue weighted by atomic mass is 16.4. The van der Waals surface area contributed by atoms with Crippen molar-refractivity contribution in [1.29, 1.82) is 0 Å². The molecule has 1 aromatic rings. The molecule has 1 unspecified atom stereocenters. The summed E-state index contributed by atoms with van der Waals surface area (Å²) in [6.45, 7) is 0.313. The first kappa shape index (κ1) is 9.67. The Labute approximate surface area is 76.1 Å². The first-order valence-electron chi connectivity index (χ1n) is 4.02. The molecule has 0 radical (unpaired) electrons. The fraction of sp³-hybridized carbons (Fsp3) is 0.333. The molecular weight excluding hydrogens is 170 g/mol. The number of carboxylic acid groups (broad SMARTS) is 1. The van der Waals surface area contributed by atoms with Crippen LogP contribution in [0.4, 0.5) is 0 Å². The van der Waals surface area contributed by atoms with E-state index in [9.17, 15) is 9.90 Å². The van der Waals surface area contributed by atoms with Crippen LogP contribution in [0.25, 0.3) is 0 Å². The minimum absolute atomic E-state index is 0.220. The lowest BCUT2D eigenvalue weighted by Gasteiger charge is -2.02. The maximum absolute atomic E-state index is 10.2. The van der Waals surface area contributed by atoms with E-state index < -0.39 is 12.1 Å². The Balaban J connectivity index is 2.45. The van der Waals surface area contributed by atoms with Gasteiger partial charge in [0.1, 0.15) is 6.10 Å². The first-order valence-corrected chi connectivity index (χ1v) is 4.02. The van der Waals surface area contributed by atoms with Crippen LogP contribution in [0.3, 0.4) is 0 Å². The molecule has 4 nitrogen and oxygen atoms in total. The predicted octanol–water partition coefficient (Wildman–Crippen LogP) is -0.190. The fourth-order valence-electron chi connectivity index (χ4n) is 1.07. The first-order chi connectivity index (χ1) is 6.18. The molecule has 0 saturated carbocycles. The molecular formula is C9H12NO3+. The summed E-state index contributed by atoms with van der Waals surface area (Å²) in [5, 5.41) is 17.7. The molecule has 2 N–H and O–H groups in total. The van der Waals surface area contributed by atoms with Crippen LogP contribution in [0.1, 0.15) is 6.42 Å². The topological polar surface area (TPSA) is 61.4 Å². The summed E-state index contributed by atoms with van der Waals surface area (Å²) >= 11 is 0. The average molecular weight is 182 g/mol. The van der Waals surface area contributed by atoms with Crippen LogP contribution in [0.2, 0.25) is 0 Å². The predicted molar refractivity (Wildman–Crippen MR) is 44.9 cm³/mol. The van der Waals surface area contributed by atoms with Gasteiger partial charge < -0.3 is 10.2 Å². The second kappa shape index (κ2) is 4.57. The maximum atomic E-state index is 10.2. The van der Waals surface area contributed by atoms with Gasteiger partial charge >= 0.3 is 5.97 Å². The second-order valence-electron chi connectivity index (χ2n) is 2.82. The van der Waals surface area contributed by atoms with Crippen LogP contribution in [0.15, 0.2) is 30.6 Å². The Kier molecular flexibility index (Phi) is 3.40. The third-order valence-electron chi connectivity index (χ3n) is 1.61. The lowest BCUT2D eigenvalue weighted by atomic mass is 10.2. The van der Waals surface area contributed by atoms with E-state index in [0.29, 0.717) is 6.54 Å². The molecule has 0 aliphatic rings. The van der Waals surface area contributed by atoms with Crippen LogP contribution in [0, 0.1) is 0 Å². The van der Waals surface area contributed by atoms with Gasteiger partial charge in [0.15, 0.2) is 18.9 Å². The molecule has 0 spiro atoms. The maximum Gasteiger partial charge on any atom is 0.306 e. The zero-order valence-corrected chi connectivity index (χ0v) is 7.13. The van der Waals surface area contributed by atoms with Gasteiger partial charge in [-0.2, -0.15) is 0 Å². The summed E-state index contributed by atoms with van der Waals surface area (Å²) < 4.78 is 1.74. The molecule has 70 valence electrons. The van der Waals surface area contributed by atoms with Crippen molar-refractivity contribution in [2.24, 2.45) is 0 Å². The van der Waals surface area contributed by atoms with Crippen LogP contribution in [-0.4, -0.2) is 22.3 Å². The summed E-state index contributed by atoms with van der Waals surface area (Å²) in [5.74, 6) is -0.982. The summed E-state index contributed by atoms with van der Waals surface area (Å²) in [7, 11) is 0. The zero-order valence-electron chi connectivity index (χ0n) is 7.13. The number of carbonyl (C=O) groups is 1. The second-order valence-corrected chi connectivity index (χ2v) is 2.82. The van der Waals surface area contributed by atoms with E-state index >= 15 is 0 Å². The van der Waals surface area contributed by atoms with Gasteiger partial charge in [-0.15, -0.1) is 0 Å². The Morgan fingerprint density at radius 3 is 2.46 bits per heavy atom. The van der Waals surface area contributed by atoms with Crippen LogP contribution in [-0.2, 0) is 11.3 Å². The lowest BCUT2D eigenvalue weighted by Crippen LogP contribution is -2.39. The summed E-state index contributed by atoms with van der Waals surface area (Å²) in [6.07, 6.45) is 2.52. The number of pyridine rings is 1. The van der Waals surface area contributed by atoms with Crippen molar-refractivity contribution in [2.45, 2.75) is 19.1 Å². The molecule has 0 saturated heterocycles. The molecule has 0 amide bonds. The van der Waals surface area contributed by atoms with Gasteiger partial charge in [-0.3, -0.25) is 4.79 Å². The molecule has 0 aromatic carbocycles. The van der Waals surface area contributed by atoms with E-state index in [-0.39, 0.29) is 6.42 Å². The van der Waals surface area contributed by atoms with E-state index in [1.807, 2.05) is 18.2 Å². The van der Waals surface area contributed by atoms with Gasteiger partial charge in [0, 0.05) is 12.1 Å². The van der Waals surface area contributed by atoms with E-state index in [1.54, 1.807) is 17.0 Å². The molecule has 0 bridgehead atoms. The lowest BCUT2D eigenvalue weighted by molar-refractivity contribution is -0.703. The van der Waals surface area contributed by atoms with E-state index in [1.165, 1.54) is 0 Å². The highest BCUT2D eigenvalue weighted by Gasteiger charge is 2.13. The molecule has 1 aromatic heterocycles. The van der Waals surface area contributed by atoms with Crippen molar-refractivity contribution in [2.75, 3.05) is 0 Å². The average Bonchev–Trinajstić information content (AvgIpc) is 2.04. The molecule has 0 fully saturated rings. The highest BCUT2D eigenvalue weighted by molar-refractivity contribution is 5.67. The van der Waals surface area contributed by atoms with Crippen molar-refractivity contribution >= 4 is 5.97 Å². The Bertz CT molecular complexity index is 273.